The molecule has 1 aliphatic carbocycles. The summed E-state index contributed by atoms with van der Waals surface area (Å²) in [5.74, 6) is 6.09. The highest BCUT2D eigenvalue weighted by atomic mass is 79.9. The quantitative estimate of drug-likeness (QED) is 0.508. The van der Waals surface area contributed by atoms with Gasteiger partial charge in [0, 0.05) is 16.1 Å². The second-order valence-corrected chi connectivity index (χ2v) is 7.04. The predicted molar refractivity (Wildman–Crippen MR) is 93.7 cm³/mol. The standard InChI is InChI=1S/C14H15BrN6O2S/c15-10-4-2-1-3-9(10)12-19-20-14(21(12)16)24-7-11(22)18-13(23)17-8-5-6-8/h1-4,8H,5-7,16H2,(H2,17,18,22,23). The molecule has 24 heavy (non-hydrogen) atoms. The third-order valence-corrected chi connectivity index (χ3v) is 4.91. The molecule has 1 fully saturated rings. The van der Waals surface area contributed by atoms with Crippen LogP contribution >= 0.6 is 27.7 Å². The number of carbonyl (C=O) groups excluding carboxylic acids is 2. The van der Waals surface area contributed by atoms with Crippen molar-refractivity contribution in [2.24, 2.45) is 0 Å². The van der Waals surface area contributed by atoms with E-state index in [0.29, 0.717) is 11.0 Å². The Kier molecular flexibility index (Phi) is 5.05. The van der Waals surface area contributed by atoms with E-state index in [-0.39, 0.29) is 11.8 Å². The lowest BCUT2D eigenvalue weighted by atomic mass is 10.2. The summed E-state index contributed by atoms with van der Waals surface area (Å²) in [5, 5.41) is 13.4. The Labute approximate surface area is 150 Å². The zero-order valence-corrected chi connectivity index (χ0v) is 14.9. The molecule has 4 N–H and O–H groups in total. The summed E-state index contributed by atoms with van der Waals surface area (Å²) in [5.41, 5.74) is 0.799. The van der Waals surface area contributed by atoms with Gasteiger partial charge >= 0.3 is 6.03 Å². The maximum absolute atomic E-state index is 11.8. The molecule has 1 saturated carbocycles. The van der Waals surface area contributed by atoms with Crippen molar-refractivity contribution in [2.45, 2.75) is 24.0 Å². The molecular formula is C14H15BrN6O2S. The van der Waals surface area contributed by atoms with Crippen LogP contribution in [0.5, 0.6) is 0 Å². The normalized spacial score (nSPS) is 13.5. The summed E-state index contributed by atoms with van der Waals surface area (Å²) in [7, 11) is 0. The van der Waals surface area contributed by atoms with Gasteiger partial charge in [-0.05, 0) is 25.0 Å². The molecule has 0 atom stereocenters. The number of imide groups is 1. The third kappa shape index (κ3) is 4.06. The van der Waals surface area contributed by atoms with Gasteiger partial charge in [-0.2, -0.15) is 0 Å². The molecule has 3 amide bonds. The lowest BCUT2D eigenvalue weighted by molar-refractivity contribution is -0.117. The van der Waals surface area contributed by atoms with Crippen LogP contribution in [0.3, 0.4) is 0 Å². The van der Waals surface area contributed by atoms with Crippen LogP contribution in [0.15, 0.2) is 33.9 Å². The molecule has 10 heteroatoms. The average molecular weight is 411 g/mol. The van der Waals surface area contributed by atoms with Crippen LogP contribution in [-0.4, -0.2) is 38.6 Å². The van der Waals surface area contributed by atoms with Gasteiger partial charge in [-0.25, -0.2) is 9.47 Å². The van der Waals surface area contributed by atoms with E-state index in [2.05, 4.69) is 36.8 Å². The maximum atomic E-state index is 11.8. The summed E-state index contributed by atoms with van der Waals surface area (Å²) in [6, 6.07) is 7.23. The van der Waals surface area contributed by atoms with E-state index in [4.69, 9.17) is 5.84 Å². The molecule has 0 saturated heterocycles. The van der Waals surface area contributed by atoms with E-state index < -0.39 is 11.9 Å². The number of halogens is 1. The number of nitrogens with two attached hydrogens (primary N) is 1. The van der Waals surface area contributed by atoms with E-state index in [1.807, 2.05) is 24.3 Å². The van der Waals surface area contributed by atoms with Gasteiger partial charge in [-0.1, -0.05) is 39.8 Å². The molecular weight excluding hydrogens is 396 g/mol. The molecule has 0 bridgehead atoms. The van der Waals surface area contributed by atoms with E-state index in [1.54, 1.807) is 0 Å². The molecule has 0 radical (unpaired) electrons. The number of benzene rings is 1. The zero-order valence-electron chi connectivity index (χ0n) is 12.5. The van der Waals surface area contributed by atoms with Crippen molar-refractivity contribution in [3.05, 3.63) is 28.7 Å². The fraction of sp³-hybridized carbons (Fsp3) is 0.286. The van der Waals surface area contributed by atoms with Crippen LogP contribution in [-0.2, 0) is 4.79 Å². The van der Waals surface area contributed by atoms with E-state index in [0.717, 1.165) is 34.6 Å². The van der Waals surface area contributed by atoms with Crippen molar-refractivity contribution in [2.75, 3.05) is 11.6 Å². The Hall–Kier alpha value is -2.07. The number of urea groups is 1. The smallest absolute Gasteiger partial charge is 0.321 e. The lowest BCUT2D eigenvalue weighted by Crippen LogP contribution is -2.41. The van der Waals surface area contributed by atoms with Gasteiger partial charge in [0.25, 0.3) is 0 Å². The number of rotatable bonds is 5. The van der Waals surface area contributed by atoms with Crippen LogP contribution in [0.1, 0.15) is 12.8 Å². The molecule has 1 heterocycles. The van der Waals surface area contributed by atoms with Gasteiger partial charge in [-0.3, -0.25) is 10.1 Å². The third-order valence-electron chi connectivity index (χ3n) is 3.28. The van der Waals surface area contributed by atoms with Crippen molar-refractivity contribution in [1.82, 2.24) is 25.5 Å². The van der Waals surface area contributed by atoms with Crippen LogP contribution in [0.2, 0.25) is 0 Å². The minimum Gasteiger partial charge on any atom is -0.335 e. The molecule has 1 aromatic carbocycles. The summed E-state index contributed by atoms with van der Waals surface area (Å²) < 4.78 is 2.16. The Bertz CT molecular complexity index is 776. The van der Waals surface area contributed by atoms with Gasteiger partial charge in [0.05, 0.1) is 5.75 Å². The van der Waals surface area contributed by atoms with Crippen molar-refractivity contribution < 1.29 is 9.59 Å². The fourth-order valence-corrected chi connectivity index (χ4v) is 3.06. The minimum atomic E-state index is -0.466. The summed E-state index contributed by atoms with van der Waals surface area (Å²) >= 11 is 4.55. The second kappa shape index (κ2) is 7.22. The number of hydrogen-bond donors (Lipinski definition) is 3. The number of thioether (sulfide) groups is 1. The van der Waals surface area contributed by atoms with Gasteiger partial charge in [0.15, 0.2) is 5.82 Å². The number of carbonyl (C=O) groups is 2. The first-order valence-corrected chi connectivity index (χ1v) is 9.01. The topological polar surface area (TPSA) is 115 Å². The van der Waals surface area contributed by atoms with Gasteiger partial charge in [0.1, 0.15) is 0 Å². The Morgan fingerprint density at radius 2 is 2.08 bits per heavy atom. The number of nitrogens with one attached hydrogen (secondary N) is 2. The highest BCUT2D eigenvalue weighted by Gasteiger charge is 2.24. The SMILES string of the molecule is Nn1c(SCC(=O)NC(=O)NC2CC2)nnc1-c1ccccc1Br. The molecule has 0 aliphatic heterocycles. The molecule has 1 aromatic heterocycles. The second-order valence-electron chi connectivity index (χ2n) is 5.24. The summed E-state index contributed by atoms with van der Waals surface area (Å²) in [6.07, 6.45) is 1.93. The number of nitrogens with zero attached hydrogens (tertiary/aromatic N) is 3. The fourth-order valence-electron chi connectivity index (χ4n) is 1.94. The van der Waals surface area contributed by atoms with E-state index in [1.165, 1.54) is 4.68 Å². The van der Waals surface area contributed by atoms with Crippen molar-refractivity contribution >= 4 is 39.6 Å². The highest BCUT2D eigenvalue weighted by molar-refractivity contribution is 9.10. The minimum absolute atomic E-state index is 0.0172. The number of aromatic nitrogens is 3. The zero-order chi connectivity index (χ0) is 17.1. The molecule has 3 rings (SSSR count). The molecule has 0 unspecified atom stereocenters. The molecule has 2 aromatic rings. The van der Waals surface area contributed by atoms with E-state index in [9.17, 15) is 9.59 Å². The highest BCUT2D eigenvalue weighted by Crippen LogP contribution is 2.27. The predicted octanol–water partition coefficient (Wildman–Crippen LogP) is 1.50. The first-order valence-electron chi connectivity index (χ1n) is 7.23. The van der Waals surface area contributed by atoms with Crippen molar-refractivity contribution in [3.8, 4) is 11.4 Å². The molecule has 1 aliphatic rings. The lowest BCUT2D eigenvalue weighted by Gasteiger charge is -2.06. The Balaban J connectivity index is 1.59. The van der Waals surface area contributed by atoms with E-state index >= 15 is 0 Å². The van der Waals surface area contributed by atoms with Crippen molar-refractivity contribution in [1.29, 1.82) is 0 Å². The average Bonchev–Trinajstić information content (AvgIpc) is 3.28. The maximum Gasteiger partial charge on any atom is 0.321 e. The van der Waals surface area contributed by atoms with Crippen molar-refractivity contribution in [3.63, 3.8) is 0 Å². The first kappa shape index (κ1) is 16.8. The monoisotopic (exact) mass is 410 g/mol. The van der Waals surface area contributed by atoms with Crippen LogP contribution in [0.25, 0.3) is 11.4 Å². The molecule has 0 spiro atoms. The number of amides is 3. The Morgan fingerprint density at radius 3 is 2.79 bits per heavy atom. The summed E-state index contributed by atoms with van der Waals surface area (Å²) in [6.45, 7) is 0. The van der Waals surface area contributed by atoms with Crippen LogP contribution < -0.4 is 16.5 Å². The molecule has 126 valence electrons. The first-order chi connectivity index (χ1) is 11.5. The van der Waals surface area contributed by atoms with Crippen LogP contribution in [0, 0.1) is 0 Å². The van der Waals surface area contributed by atoms with Gasteiger partial charge in [-0.15, -0.1) is 10.2 Å². The van der Waals surface area contributed by atoms with Gasteiger partial charge in [0.2, 0.25) is 11.1 Å². The largest absolute Gasteiger partial charge is 0.335 e. The molecule has 8 nitrogen and oxygen atoms in total. The van der Waals surface area contributed by atoms with Gasteiger partial charge < -0.3 is 11.2 Å². The number of hydrogen-bond acceptors (Lipinski definition) is 6. The summed E-state index contributed by atoms with van der Waals surface area (Å²) in [4.78, 5) is 23.3. The van der Waals surface area contributed by atoms with Crippen LogP contribution in [0.4, 0.5) is 4.79 Å². The number of nitrogen functional groups attached to an aromatic ring is 1. The Morgan fingerprint density at radius 1 is 1.33 bits per heavy atom.